The quantitative estimate of drug-likeness (QED) is 0.188. The Bertz CT molecular complexity index is 942. The van der Waals surface area contributed by atoms with E-state index in [1.54, 1.807) is 19.9 Å². The lowest BCUT2D eigenvalue weighted by Crippen LogP contribution is -2.60. The molecule has 0 amide bonds. The first kappa shape index (κ1) is 32.1. The molecule has 0 radical (unpaired) electrons. The van der Waals surface area contributed by atoms with E-state index in [2.05, 4.69) is 5.32 Å². The van der Waals surface area contributed by atoms with Gasteiger partial charge in [0.05, 0.1) is 5.92 Å². The minimum atomic E-state index is -2.05. The number of nitrogens with one attached hydrogen (secondary N) is 1. The van der Waals surface area contributed by atoms with E-state index in [0.29, 0.717) is 18.4 Å². The van der Waals surface area contributed by atoms with Crippen molar-refractivity contribution in [1.29, 1.82) is 0 Å². The SMILES string of the molecule is CCC(C)N[C@@](Cc1ccc(OC(=O)CC(C)C)c(OC(=O)CC(C)C)c1)(OC(=O)C(C)CC)C(=O)O. The highest BCUT2D eigenvalue weighted by molar-refractivity contribution is 5.83. The molecule has 0 aliphatic carbocycles. The number of carbonyl (C=O) groups excluding carboxylic acids is 3. The van der Waals surface area contributed by atoms with Gasteiger partial charge in [0.1, 0.15) is 0 Å². The molecule has 0 saturated heterocycles. The molecule has 0 aliphatic rings. The number of carbonyl (C=O) groups is 4. The fraction of sp³-hybridized carbons (Fsp3) is 0.643. The zero-order valence-electron chi connectivity index (χ0n) is 23.4. The van der Waals surface area contributed by atoms with Crippen molar-refractivity contribution in [3.05, 3.63) is 23.8 Å². The van der Waals surface area contributed by atoms with Crippen LogP contribution in [-0.2, 0) is 30.3 Å². The Balaban J connectivity index is 3.47. The molecule has 0 fully saturated rings. The second-order valence-corrected chi connectivity index (χ2v) is 10.4. The van der Waals surface area contributed by atoms with Gasteiger partial charge in [-0.1, -0.05) is 54.5 Å². The summed E-state index contributed by atoms with van der Waals surface area (Å²) >= 11 is 0. The number of benzene rings is 1. The summed E-state index contributed by atoms with van der Waals surface area (Å²) in [5, 5.41) is 13.2. The lowest BCUT2D eigenvalue weighted by atomic mass is 9.99. The Morgan fingerprint density at radius 2 is 1.41 bits per heavy atom. The molecular formula is C28H43NO8. The lowest BCUT2D eigenvalue weighted by molar-refractivity contribution is -0.187. The monoisotopic (exact) mass is 521 g/mol. The molecule has 1 aromatic rings. The van der Waals surface area contributed by atoms with Crippen molar-refractivity contribution in [3.8, 4) is 11.5 Å². The maximum atomic E-state index is 12.7. The normalized spacial score (nSPS) is 14.5. The van der Waals surface area contributed by atoms with Crippen molar-refractivity contribution < 1.29 is 38.5 Å². The van der Waals surface area contributed by atoms with Crippen LogP contribution in [0.4, 0.5) is 0 Å². The minimum Gasteiger partial charge on any atom is -0.477 e. The van der Waals surface area contributed by atoms with Gasteiger partial charge in [0.2, 0.25) is 0 Å². The van der Waals surface area contributed by atoms with Crippen LogP contribution in [0, 0.1) is 17.8 Å². The molecule has 9 nitrogen and oxygen atoms in total. The summed E-state index contributed by atoms with van der Waals surface area (Å²) in [5.41, 5.74) is -1.64. The number of ether oxygens (including phenoxy) is 3. The zero-order valence-corrected chi connectivity index (χ0v) is 23.4. The Kier molecular flexibility index (Phi) is 12.8. The van der Waals surface area contributed by atoms with Crippen molar-refractivity contribution in [3.63, 3.8) is 0 Å². The first-order chi connectivity index (χ1) is 17.2. The van der Waals surface area contributed by atoms with Crippen molar-refractivity contribution in [2.45, 2.75) is 99.3 Å². The van der Waals surface area contributed by atoms with E-state index >= 15 is 0 Å². The van der Waals surface area contributed by atoms with E-state index < -0.39 is 35.5 Å². The van der Waals surface area contributed by atoms with E-state index in [1.807, 2.05) is 41.5 Å². The fourth-order valence-corrected chi connectivity index (χ4v) is 3.35. The highest BCUT2D eigenvalue weighted by Gasteiger charge is 2.44. The lowest BCUT2D eigenvalue weighted by Gasteiger charge is -2.34. The summed E-state index contributed by atoms with van der Waals surface area (Å²) in [4.78, 5) is 50.0. The smallest absolute Gasteiger partial charge is 0.364 e. The van der Waals surface area contributed by atoms with Gasteiger partial charge in [0.15, 0.2) is 11.5 Å². The van der Waals surface area contributed by atoms with Crippen LogP contribution in [0.3, 0.4) is 0 Å². The van der Waals surface area contributed by atoms with Gasteiger partial charge < -0.3 is 19.3 Å². The summed E-state index contributed by atoms with van der Waals surface area (Å²) in [5.74, 6) is -3.31. The van der Waals surface area contributed by atoms with Crippen molar-refractivity contribution in [2.24, 2.45) is 17.8 Å². The van der Waals surface area contributed by atoms with Gasteiger partial charge in [-0.3, -0.25) is 19.7 Å². The standard InChI is InChI=1S/C28H43NO8/c1-9-19(7)26(32)37-28(27(33)34,29-20(8)10-2)16-21-11-12-22(35-24(30)13-17(3)4)23(15-21)36-25(31)14-18(5)6/h11-12,15,17-20,29H,9-10,13-14,16H2,1-8H3,(H,33,34)/t19?,20?,28-/m0/s1. The van der Waals surface area contributed by atoms with Gasteiger partial charge in [-0.05, 0) is 49.3 Å². The second kappa shape index (κ2) is 14.7. The van der Waals surface area contributed by atoms with Crippen LogP contribution in [0.2, 0.25) is 0 Å². The minimum absolute atomic E-state index is 0.00339. The maximum Gasteiger partial charge on any atom is 0.364 e. The zero-order chi connectivity index (χ0) is 28.3. The van der Waals surface area contributed by atoms with Crippen molar-refractivity contribution >= 4 is 23.9 Å². The number of esters is 3. The molecule has 9 heteroatoms. The van der Waals surface area contributed by atoms with Crippen molar-refractivity contribution in [2.75, 3.05) is 0 Å². The van der Waals surface area contributed by atoms with Crippen LogP contribution in [0.5, 0.6) is 11.5 Å². The molecule has 0 saturated carbocycles. The average molecular weight is 522 g/mol. The molecule has 37 heavy (non-hydrogen) atoms. The molecule has 1 rings (SSSR count). The number of aliphatic carboxylic acids is 1. The van der Waals surface area contributed by atoms with Crippen LogP contribution in [0.25, 0.3) is 0 Å². The molecule has 1 aromatic carbocycles. The van der Waals surface area contributed by atoms with Gasteiger partial charge in [-0.25, -0.2) is 4.79 Å². The molecule has 0 aliphatic heterocycles. The van der Waals surface area contributed by atoms with Gasteiger partial charge in [-0.15, -0.1) is 0 Å². The highest BCUT2D eigenvalue weighted by Crippen LogP contribution is 2.32. The van der Waals surface area contributed by atoms with Crippen LogP contribution < -0.4 is 14.8 Å². The number of hydrogen-bond donors (Lipinski definition) is 2. The van der Waals surface area contributed by atoms with Gasteiger partial charge in [-0.2, -0.15) is 0 Å². The molecule has 0 spiro atoms. The molecule has 2 unspecified atom stereocenters. The van der Waals surface area contributed by atoms with E-state index in [-0.39, 0.29) is 48.6 Å². The summed E-state index contributed by atoms with van der Waals surface area (Å²) in [6.45, 7) is 14.7. The summed E-state index contributed by atoms with van der Waals surface area (Å²) in [7, 11) is 0. The van der Waals surface area contributed by atoms with E-state index in [1.165, 1.54) is 12.1 Å². The average Bonchev–Trinajstić information content (AvgIpc) is 2.78. The van der Waals surface area contributed by atoms with Crippen molar-refractivity contribution in [1.82, 2.24) is 5.32 Å². The summed E-state index contributed by atoms with van der Waals surface area (Å²) in [6.07, 6.45) is 1.16. The fourth-order valence-electron chi connectivity index (χ4n) is 3.35. The third kappa shape index (κ3) is 10.5. The largest absolute Gasteiger partial charge is 0.477 e. The number of rotatable bonds is 15. The first-order valence-corrected chi connectivity index (χ1v) is 13.0. The third-order valence-corrected chi connectivity index (χ3v) is 5.79. The molecule has 3 atom stereocenters. The van der Waals surface area contributed by atoms with Crippen LogP contribution in [-0.4, -0.2) is 40.8 Å². The Hall–Kier alpha value is -2.94. The highest BCUT2D eigenvalue weighted by atomic mass is 16.6. The molecule has 0 bridgehead atoms. The Morgan fingerprint density at radius 1 is 0.865 bits per heavy atom. The van der Waals surface area contributed by atoms with Gasteiger partial charge in [0, 0.05) is 25.3 Å². The molecule has 2 N–H and O–H groups in total. The molecule has 0 heterocycles. The van der Waals surface area contributed by atoms with E-state index in [9.17, 15) is 24.3 Å². The van der Waals surface area contributed by atoms with Gasteiger partial charge in [0.25, 0.3) is 5.72 Å². The third-order valence-electron chi connectivity index (χ3n) is 5.79. The van der Waals surface area contributed by atoms with Gasteiger partial charge >= 0.3 is 23.9 Å². The number of carboxylic acids is 1. The van der Waals surface area contributed by atoms with E-state index in [0.717, 1.165) is 0 Å². The number of carboxylic acid groups (broad SMARTS) is 1. The molecule has 208 valence electrons. The predicted molar refractivity (Wildman–Crippen MR) is 139 cm³/mol. The molecule has 0 aromatic heterocycles. The predicted octanol–water partition coefficient (Wildman–Crippen LogP) is 4.89. The van der Waals surface area contributed by atoms with E-state index in [4.69, 9.17) is 14.2 Å². The second-order valence-electron chi connectivity index (χ2n) is 10.4. The number of hydrogen-bond acceptors (Lipinski definition) is 8. The van der Waals surface area contributed by atoms with Crippen LogP contribution >= 0.6 is 0 Å². The first-order valence-electron chi connectivity index (χ1n) is 13.0. The molecular weight excluding hydrogens is 478 g/mol. The maximum absolute atomic E-state index is 12.7. The topological polar surface area (TPSA) is 128 Å². The summed E-state index contributed by atoms with van der Waals surface area (Å²) < 4.78 is 16.6. The summed E-state index contributed by atoms with van der Waals surface area (Å²) in [6, 6.07) is 4.19. The van der Waals surface area contributed by atoms with Crippen LogP contribution in [0.15, 0.2) is 18.2 Å². The Morgan fingerprint density at radius 3 is 1.86 bits per heavy atom. The Labute approximate surface area is 220 Å². The van der Waals surface area contributed by atoms with Crippen LogP contribution in [0.1, 0.15) is 86.6 Å².